The van der Waals surface area contributed by atoms with E-state index in [2.05, 4.69) is 19.9 Å². The SMILES string of the molecule is [B-]P1(=O)OC[C@H]2O[C@@H](n3cnc4ccccc43)C(O)[C@H]2OP(=O)(O)OC[C@H]2O[C@@H](n3cnc4c(=O)[nH]c(N)nc43)[C@@H](O1)C2O. The van der Waals surface area contributed by atoms with E-state index in [0.29, 0.717) is 11.0 Å². The number of nitrogen functional groups attached to an aromatic ring is 1. The van der Waals surface area contributed by atoms with Crippen LogP contribution in [-0.2, 0) is 36.7 Å². The van der Waals surface area contributed by atoms with Crippen LogP contribution < -0.4 is 11.3 Å². The third kappa shape index (κ3) is 5.21. The van der Waals surface area contributed by atoms with Gasteiger partial charge in [0.25, 0.3) is 5.56 Å². The first-order valence-electron chi connectivity index (χ1n) is 13.1. The van der Waals surface area contributed by atoms with Crippen LogP contribution in [0.5, 0.6) is 0 Å². The molecule has 3 radical (unpaired) electrons. The fourth-order valence-electron chi connectivity index (χ4n) is 5.45. The molecule has 10 atom stereocenters. The van der Waals surface area contributed by atoms with Gasteiger partial charge >= 0.3 is 7.82 Å². The first-order valence-corrected chi connectivity index (χ1v) is 16.2. The minimum Gasteiger partial charge on any atom is -0.444 e. The number of imidazole rings is 2. The number of ether oxygens (including phenoxy) is 2. The van der Waals surface area contributed by atoms with Gasteiger partial charge in [0, 0.05) is 0 Å². The van der Waals surface area contributed by atoms with Gasteiger partial charge in [0.05, 0.1) is 44.4 Å². The Labute approximate surface area is 247 Å². The second-order valence-electron chi connectivity index (χ2n) is 10.3. The summed E-state index contributed by atoms with van der Waals surface area (Å²) in [6.45, 7) is -1.40. The number of hydrogen-bond donors (Lipinski definition) is 5. The highest BCUT2D eigenvalue weighted by Crippen LogP contribution is 2.53. The van der Waals surface area contributed by atoms with Crippen molar-refractivity contribution in [2.75, 3.05) is 18.9 Å². The Morgan fingerprint density at radius 3 is 2.50 bits per heavy atom. The Balaban J connectivity index is 1.21. The third-order valence-electron chi connectivity index (χ3n) is 7.45. The van der Waals surface area contributed by atoms with E-state index in [1.54, 1.807) is 24.3 Å². The molecule has 4 unspecified atom stereocenters. The lowest BCUT2D eigenvalue weighted by molar-refractivity contribution is -0.0620. The van der Waals surface area contributed by atoms with Gasteiger partial charge < -0.3 is 56.1 Å². The Bertz CT molecular complexity index is 1890. The zero-order valence-electron chi connectivity index (χ0n) is 22.3. The summed E-state index contributed by atoms with van der Waals surface area (Å²) in [5.74, 6) is -0.246. The number of aliphatic hydroxyl groups is 2. The number of nitrogens with zero attached hydrogens (tertiary/aromatic N) is 5. The van der Waals surface area contributed by atoms with Crippen molar-refractivity contribution in [1.29, 1.82) is 0 Å². The van der Waals surface area contributed by atoms with Gasteiger partial charge in [-0.1, -0.05) is 12.1 Å². The fourth-order valence-corrected chi connectivity index (χ4v) is 7.39. The minimum absolute atomic E-state index is 0.0714. The number of benzene rings is 1. The molecule has 0 saturated carbocycles. The number of hydrogen-bond acceptors (Lipinski definition) is 15. The number of H-pyrrole nitrogens is 1. The first kappa shape index (κ1) is 29.7. The summed E-state index contributed by atoms with van der Waals surface area (Å²) >= 11 is 0. The predicted molar refractivity (Wildman–Crippen MR) is 147 cm³/mol. The molecule has 3 fully saturated rings. The molecule has 4 aromatic rings. The highest BCUT2D eigenvalue weighted by Gasteiger charge is 2.52. The Morgan fingerprint density at radius 2 is 1.68 bits per heavy atom. The van der Waals surface area contributed by atoms with Gasteiger partial charge in [0.15, 0.2) is 23.6 Å². The summed E-state index contributed by atoms with van der Waals surface area (Å²) in [5.41, 5.74) is 5.99. The van der Waals surface area contributed by atoms with E-state index in [4.69, 9.17) is 40.9 Å². The summed E-state index contributed by atoms with van der Waals surface area (Å²) in [4.78, 5) is 37.5. The molecule has 6 N–H and O–H groups in total. The average molecular weight is 651 g/mol. The third-order valence-corrected chi connectivity index (χ3v) is 9.48. The van der Waals surface area contributed by atoms with Crippen molar-refractivity contribution in [2.24, 2.45) is 0 Å². The largest absolute Gasteiger partial charge is 0.472 e. The number of nitrogens with two attached hydrogens (primary N) is 1. The molecular formula is C22H24BN7O12P2-. The monoisotopic (exact) mass is 651 g/mol. The first-order chi connectivity index (χ1) is 20.9. The highest BCUT2D eigenvalue weighted by molar-refractivity contribution is 7.79. The molecule has 44 heavy (non-hydrogen) atoms. The van der Waals surface area contributed by atoms with Gasteiger partial charge in [0.1, 0.15) is 36.6 Å². The predicted octanol–water partition coefficient (Wildman–Crippen LogP) is -0.537. The second-order valence-corrected chi connectivity index (χ2v) is 13.2. The van der Waals surface area contributed by atoms with Crippen LogP contribution in [0.25, 0.3) is 22.2 Å². The molecule has 3 aromatic heterocycles. The van der Waals surface area contributed by atoms with E-state index in [9.17, 15) is 29.0 Å². The van der Waals surface area contributed by atoms with Crippen molar-refractivity contribution in [3.05, 3.63) is 47.3 Å². The number of phosphoric acid groups is 1. The van der Waals surface area contributed by atoms with Gasteiger partial charge in [-0.3, -0.25) is 23.4 Å². The molecule has 0 aliphatic carbocycles. The van der Waals surface area contributed by atoms with Crippen molar-refractivity contribution >= 4 is 51.0 Å². The summed E-state index contributed by atoms with van der Waals surface area (Å²) in [6.07, 6.45) is -9.04. The number of aromatic amines is 1. The van der Waals surface area contributed by atoms with Gasteiger partial charge in [-0.15, -0.1) is 0 Å². The maximum absolute atomic E-state index is 13.4. The maximum atomic E-state index is 13.4. The van der Waals surface area contributed by atoms with Crippen molar-refractivity contribution in [2.45, 2.75) is 49.1 Å². The molecule has 3 saturated heterocycles. The lowest BCUT2D eigenvalue weighted by Gasteiger charge is -2.34. The van der Waals surface area contributed by atoms with Gasteiger partial charge in [-0.05, 0) is 12.1 Å². The quantitative estimate of drug-likeness (QED) is 0.135. The van der Waals surface area contributed by atoms with Crippen molar-refractivity contribution in [3.8, 4) is 0 Å². The Kier molecular flexibility index (Phi) is 7.30. The van der Waals surface area contributed by atoms with Crippen molar-refractivity contribution in [1.82, 2.24) is 29.1 Å². The summed E-state index contributed by atoms with van der Waals surface area (Å²) < 4.78 is 62.4. The van der Waals surface area contributed by atoms with Crippen LogP contribution in [0.4, 0.5) is 5.95 Å². The normalized spacial score (nSPS) is 38.3. The molecular weight excluding hydrogens is 627 g/mol. The smallest absolute Gasteiger partial charge is 0.444 e. The number of para-hydroxylation sites is 2. The molecule has 3 aliphatic rings. The van der Waals surface area contributed by atoms with Crippen LogP contribution in [0, 0.1) is 0 Å². The van der Waals surface area contributed by atoms with E-state index in [1.165, 1.54) is 15.5 Å². The zero-order chi connectivity index (χ0) is 31.0. The Morgan fingerprint density at radius 1 is 0.955 bits per heavy atom. The Hall–Kier alpha value is -3.00. The van der Waals surface area contributed by atoms with Crippen LogP contribution in [0.15, 0.2) is 41.7 Å². The van der Waals surface area contributed by atoms with Crippen LogP contribution in [0.2, 0.25) is 0 Å². The summed E-state index contributed by atoms with van der Waals surface area (Å²) in [6, 6.07) is 6.99. The minimum atomic E-state index is -4.98. The van der Waals surface area contributed by atoms with Crippen LogP contribution >= 0.6 is 15.3 Å². The number of anilines is 1. The topological polar surface area (TPSA) is 258 Å². The number of nitrogens with one attached hydrogen (secondary N) is 1. The molecule has 3 aliphatic heterocycles. The molecule has 6 heterocycles. The van der Waals surface area contributed by atoms with Crippen molar-refractivity contribution < 1.29 is 51.8 Å². The molecule has 19 nitrogen and oxygen atoms in total. The van der Waals surface area contributed by atoms with Crippen LogP contribution in [0.1, 0.15) is 12.5 Å². The maximum Gasteiger partial charge on any atom is 0.472 e. The standard InChI is InChI=1S/C22H24BN7O12P2/c23-43(34)37-6-12-16(15(32)20(40-12)29-7-25-9-3-1-2-4-10(9)29)42-44(35,36)38-5-11-14(31)17(41-43)21(39-11)30-8-26-13-18(30)27-22(24)28-19(13)33/h1-4,7-8,11-12,14-17,20-21,31-32H,5-6H2,(H,35,36)(H3,24,27,28,33)/q-1/t11-,12-,14?,15?,16+,17+,20-,21-,43?/m1/s1. The average Bonchev–Trinajstić information content (AvgIpc) is 3.72. The fraction of sp³-hybridized carbons (Fsp3) is 0.455. The molecule has 0 spiro atoms. The molecule has 2 bridgehead atoms. The number of fused-ring (bicyclic) bond motifs is 5. The summed E-state index contributed by atoms with van der Waals surface area (Å²) in [7, 11) is -3.64. The molecule has 7 rings (SSSR count). The van der Waals surface area contributed by atoms with Crippen molar-refractivity contribution in [3.63, 3.8) is 0 Å². The van der Waals surface area contributed by atoms with E-state index in [-0.39, 0.29) is 17.1 Å². The van der Waals surface area contributed by atoms with E-state index in [1.807, 2.05) is 0 Å². The highest BCUT2D eigenvalue weighted by atomic mass is 31.2. The van der Waals surface area contributed by atoms with E-state index >= 15 is 0 Å². The van der Waals surface area contributed by atoms with Gasteiger partial charge in [0.2, 0.25) is 5.95 Å². The van der Waals surface area contributed by atoms with Gasteiger partial charge in [-0.25, -0.2) is 14.5 Å². The van der Waals surface area contributed by atoms with Crippen LogP contribution in [-0.4, -0.2) is 102 Å². The molecule has 1 aromatic carbocycles. The van der Waals surface area contributed by atoms with Crippen LogP contribution in [0.3, 0.4) is 0 Å². The zero-order valence-corrected chi connectivity index (χ0v) is 24.1. The summed E-state index contributed by atoms with van der Waals surface area (Å²) in [5, 5.41) is 22.2. The number of aromatic nitrogens is 6. The lowest BCUT2D eigenvalue weighted by atomic mass is 10.1. The van der Waals surface area contributed by atoms with E-state index < -0.39 is 83.1 Å². The molecule has 22 heteroatoms. The van der Waals surface area contributed by atoms with Gasteiger partial charge in [-0.2, -0.15) is 4.98 Å². The van der Waals surface area contributed by atoms with E-state index in [0.717, 1.165) is 6.33 Å². The number of phosphoric ester groups is 1. The molecule has 233 valence electrons. The number of aliphatic hydroxyl groups excluding tert-OH is 2. The number of rotatable bonds is 2. The lowest BCUT2D eigenvalue weighted by Crippen LogP contribution is -2.36. The second kappa shape index (κ2) is 10.8. The molecule has 0 amide bonds.